The Morgan fingerprint density at radius 2 is 1.90 bits per heavy atom. The zero-order chi connectivity index (χ0) is 14.9. The summed E-state index contributed by atoms with van der Waals surface area (Å²) in [7, 11) is 0. The molecule has 0 aromatic carbocycles. The Bertz CT molecular complexity index is 339. The molecule has 1 amide bonds. The number of carbonyl (C=O) groups is 1. The molecule has 20 heavy (non-hydrogen) atoms. The zero-order valence-electron chi connectivity index (χ0n) is 13.6. The summed E-state index contributed by atoms with van der Waals surface area (Å²) in [5, 5.41) is 3.77. The van der Waals surface area contributed by atoms with Crippen LogP contribution in [0.15, 0.2) is 0 Å². The highest BCUT2D eigenvalue weighted by Crippen LogP contribution is 2.46. The third-order valence-corrected chi connectivity index (χ3v) is 4.40. The molecule has 0 radical (unpaired) electrons. The maximum Gasteiger partial charge on any atom is 0.410 e. The van der Waals surface area contributed by atoms with Crippen molar-refractivity contribution in [1.29, 1.82) is 0 Å². The minimum Gasteiger partial charge on any atom is -0.444 e. The fourth-order valence-corrected chi connectivity index (χ4v) is 3.28. The first-order chi connectivity index (χ1) is 9.35. The second kappa shape index (κ2) is 5.92. The van der Waals surface area contributed by atoms with E-state index in [-0.39, 0.29) is 6.09 Å². The lowest BCUT2D eigenvalue weighted by molar-refractivity contribution is 0.0268. The fraction of sp³-hybridized carbons (Fsp3) is 0.938. The van der Waals surface area contributed by atoms with Gasteiger partial charge in [0.2, 0.25) is 0 Å². The quantitative estimate of drug-likeness (QED) is 0.843. The van der Waals surface area contributed by atoms with Gasteiger partial charge in [0, 0.05) is 25.2 Å². The number of piperidine rings is 1. The summed E-state index contributed by atoms with van der Waals surface area (Å²) in [6, 6.07) is 1.27. The topological polar surface area (TPSA) is 41.6 Å². The zero-order valence-corrected chi connectivity index (χ0v) is 13.6. The van der Waals surface area contributed by atoms with Crippen LogP contribution in [0.2, 0.25) is 0 Å². The number of hydrogen-bond donors (Lipinski definition) is 1. The van der Waals surface area contributed by atoms with Gasteiger partial charge in [0.25, 0.3) is 0 Å². The Morgan fingerprint density at radius 3 is 2.35 bits per heavy atom. The molecule has 3 unspecified atom stereocenters. The van der Waals surface area contributed by atoms with Crippen molar-refractivity contribution >= 4 is 6.09 Å². The van der Waals surface area contributed by atoms with Gasteiger partial charge >= 0.3 is 6.09 Å². The van der Waals surface area contributed by atoms with E-state index in [1.807, 2.05) is 25.7 Å². The molecule has 1 N–H and O–H groups in total. The highest BCUT2D eigenvalue weighted by molar-refractivity contribution is 5.69. The van der Waals surface area contributed by atoms with Crippen molar-refractivity contribution in [1.82, 2.24) is 10.2 Å². The molecule has 1 heterocycles. The van der Waals surface area contributed by atoms with Crippen LogP contribution in [-0.4, -0.2) is 41.8 Å². The van der Waals surface area contributed by atoms with Gasteiger partial charge in [-0.15, -0.1) is 0 Å². The van der Waals surface area contributed by atoms with E-state index in [1.54, 1.807) is 0 Å². The first-order valence-electron chi connectivity index (χ1n) is 8.09. The van der Waals surface area contributed by atoms with Gasteiger partial charge in [-0.05, 0) is 45.4 Å². The lowest BCUT2D eigenvalue weighted by Gasteiger charge is -2.26. The number of fused-ring (bicyclic) bond motifs is 1. The molecular weight excluding hydrogens is 252 g/mol. The molecule has 1 saturated heterocycles. The minimum absolute atomic E-state index is 0.149. The SMILES string of the molecule is CCCC(CC)NC1C2CN(C(=O)OC(C)(C)C)CC21. The standard InChI is InChI=1S/C16H30N2O2/c1-6-8-11(7-2)17-14-12-9-18(10-13(12)14)15(19)20-16(3,4)5/h11-14,17H,6-10H2,1-5H3. The number of ether oxygens (including phenoxy) is 1. The van der Waals surface area contributed by atoms with Crippen LogP contribution < -0.4 is 5.32 Å². The smallest absolute Gasteiger partial charge is 0.410 e. The summed E-state index contributed by atoms with van der Waals surface area (Å²) in [4.78, 5) is 13.9. The number of likely N-dealkylation sites (tertiary alicyclic amines) is 1. The first kappa shape index (κ1) is 15.6. The van der Waals surface area contributed by atoms with Gasteiger partial charge in [0.05, 0.1) is 0 Å². The van der Waals surface area contributed by atoms with Crippen LogP contribution in [-0.2, 0) is 4.74 Å². The van der Waals surface area contributed by atoms with Crippen LogP contribution in [0.4, 0.5) is 4.79 Å². The van der Waals surface area contributed by atoms with E-state index >= 15 is 0 Å². The second-order valence-corrected chi connectivity index (χ2v) is 7.30. The highest BCUT2D eigenvalue weighted by Gasteiger charge is 2.57. The van der Waals surface area contributed by atoms with Gasteiger partial charge in [0.1, 0.15) is 5.60 Å². The molecule has 0 spiro atoms. The van der Waals surface area contributed by atoms with Gasteiger partial charge in [-0.2, -0.15) is 0 Å². The van der Waals surface area contributed by atoms with Crippen LogP contribution >= 0.6 is 0 Å². The molecule has 0 bridgehead atoms. The van der Waals surface area contributed by atoms with E-state index in [2.05, 4.69) is 19.2 Å². The Hall–Kier alpha value is -0.770. The number of rotatable bonds is 5. The molecule has 0 aromatic heterocycles. The number of hydrogen-bond acceptors (Lipinski definition) is 3. The maximum atomic E-state index is 12.0. The van der Waals surface area contributed by atoms with Crippen molar-refractivity contribution in [2.45, 2.75) is 71.6 Å². The molecule has 0 aromatic rings. The second-order valence-electron chi connectivity index (χ2n) is 7.30. The molecule has 3 atom stereocenters. The predicted octanol–water partition coefficient (Wildman–Crippen LogP) is 3.02. The van der Waals surface area contributed by atoms with Gasteiger partial charge in [-0.3, -0.25) is 0 Å². The molecule has 116 valence electrons. The average Bonchev–Trinajstić information content (AvgIpc) is 2.80. The van der Waals surface area contributed by atoms with Gasteiger partial charge in [0.15, 0.2) is 0 Å². The first-order valence-corrected chi connectivity index (χ1v) is 8.09. The van der Waals surface area contributed by atoms with Gasteiger partial charge < -0.3 is 15.0 Å². The van der Waals surface area contributed by atoms with Crippen LogP contribution in [0.25, 0.3) is 0 Å². The summed E-state index contributed by atoms with van der Waals surface area (Å²) >= 11 is 0. The Balaban J connectivity index is 1.75. The molecular formula is C16H30N2O2. The molecule has 2 fully saturated rings. The summed E-state index contributed by atoms with van der Waals surface area (Å²) in [5.41, 5.74) is -0.393. The lowest BCUT2D eigenvalue weighted by Crippen LogP contribution is -2.41. The number of nitrogens with zero attached hydrogens (tertiary/aromatic N) is 1. The summed E-state index contributed by atoms with van der Waals surface area (Å²) in [5.74, 6) is 1.29. The van der Waals surface area contributed by atoms with Gasteiger partial charge in [-0.1, -0.05) is 20.3 Å². The van der Waals surface area contributed by atoms with E-state index in [0.717, 1.165) is 13.1 Å². The summed E-state index contributed by atoms with van der Waals surface area (Å²) in [6.07, 6.45) is 3.53. The Morgan fingerprint density at radius 1 is 1.30 bits per heavy atom. The maximum absolute atomic E-state index is 12.0. The van der Waals surface area contributed by atoms with E-state index in [1.165, 1.54) is 19.3 Å². The van der Waals surface area contributed by atoms with Crippen molar-refractivity contribution in [3.05, 3.63) is 0 Å². The molecule has 4 heteroatoms. The van der Waals surface area contributed by atoms with Crippen LogP contribution in [0.1, 0.15) is 53.9 Å². The monoisotopic (exact) mass is 282 g/mol. The summed E-state index contributed by atoms with van der Waals surface area (Å²) in [6.45, 7) is 12.0. The summed E-state index contributed by atoms with van der Waals surface area (Å²) < 4.78 is 5.43. The van der Waals surface area contributed by atoms with Crippen LogP contribution in [0.5, 0.6) is 0 Å². The average molecular weight is 282 g/mol. The van der Waals surface area contributed by atoms with Crippen molar-refractivity contribution in [2.75, 3.05) is 13.1 Å². The normalized spacial score (nSPS) is 30.1. The van der Waals surface area contributed by atoms with Crippen molar-refractivity contribution < 1.29 is 9.53 Å². The van der Waals surface area contributed by atoms with E-state index in [4.69, 9.17) is 4.74 Å². The van der Waals surface area contributed by atoms with E-state index in [9.17, 15) is 4.79 Å². The molecule has 1 aliphatic heterocycles. The van der Waals surface area contributed by atoms with E-state index in [0.29, 0.717) is 23.9 Å². The number of amides is 1. The molecule has 1 aliphatic carbocycles. The van der Waals surface area contributed by atoms with Crippen LogP contribution in [0, 0.1) is 11.8 Å². The Kier molecular flexibility index (Phi) is 4.62. The Labute approximate surface area is 123 Å². The van der Waals surface area contributed by atoms with Gasteiger partial charge in [-0.25, -0.2) is 4.79 Å². The van der Waals surface area contributed by atoms with Crippen molar-refractivity contribution in [2.24, 2.45) is 11.8 Å². The predicted molar refractivity (Wildman–Crippen MR) is 80.7 cm³/mol. The number of nitrogens with one attached hydrogen (secondary N) is 1. The third kappa shape index (κ3) is 3.66. The number of carbonyl (C=O) groups excluding carboxylic acids is 1. The fourth-order valence-electron chi connectivity index (χ4n) is 3.28. The minimum atomic E-state index is -0.393. The molecule has 1 saturated carbocycles. The highest BCUT2D eigenvalue weighted by atomic mass is 16.6. The molecule has 2 aliphatic rings. The third-order valence-electron chi connectivity index (χ3n) is 4.40. The van der Waals surface area contributed by atoms with Crippen molar-refractivity contribution in [3.8, 4) is 0 Å². The van der Waals surface area contributed by atoms with E-state index < -0.39 is 5.60 Å². The molecule has 2 rings (SSSR count). The van der Waals surface area contributed by atoms with Crippen LogP contribution in [0.3, 0.4) is 0 Å². The lowest BCUT2D eigenvalue weighted by atomic mass is 10.1. The van der Waals surface area contributed by atoms with Crippen molar-refractivity contribution in [3.63, 3.8) is 0 Å². The molecule has 4 nitrogen and oxygen atoms in total. The largest absolute Gasteiger partial charge is 0.444 e.